The van der Waals surface area contributed by atoms with E-state index < -0.39 is 28.5 Å². The second-order valence-corrected chi connectivity index (χ2v) is 13.7. The first-order valence-corrected chi connectivity index (χ1v) is 16.7. The Morgan fingerprint density at radius 1 is 0.905 bits per heavy atom. The van der Waals surface area contributed by atoms with Gasteiger partial charge < -0.3 is 10.2 Å². The van der Waals surface area contributed by atoms with Gasteiger partial charge in [0.2, 0.25) is 21.8 Å². The fourth-order valence-electron chi connectivity index (χ4n) is 5.22. The number of sulfonamides is 1. The van der Waals surface area contributed by atoms with Crippen LogP contribution in [0, 0.1) is 6.92 Å². The first-order valence-electron chi connectivity index (χ1n) is 13.7. The largest absolute Gasteiger partial charge is 0.352 e. The van der Waals surface area contributed by atoms with E-state index in [0.717, 1.165) is 41.8 Å². The summed E-state index contributed by atoms with van der Waals surface area (Å²) in [7, 11) is -3.91. The SMILES string of the molecule is Cc1c(Cl)cccc1N(CC(=O)N(Cc1ccc(Cl)c(Cl)c1)C(Cc1ccccc1)C(=O)NC1CCCC1)S(C)(=O)=O. The smallest absolute Gasteiger partial charge is 0.244 e. The summed E-state index contributed by atoms with van der Waals surface area (Å²) in [4.78, 5) is 29.6. The van der Waals surface area contributed by atoms with Crippen molar-refractivity contribution in [1.29, 1.82) is 0 Å². The zero-order valence-electron chi connectivity index (χ0n) is 23.5. The van der Waals surface area contributed by atoms with E-state index in [1.54, 1.807) is 43.3 Å². The molecule has 0 aliphatic heterocycles. The number of rotatable bonds is 11. The molecule has 11 heteroatoms. The Balaban J connectivity index is 1.76. The fourth-order valence-corrected chi connectivity index (χ4v) is 6.61. The molecular formula is C31H34Cl3N3O4S. The number of nitrogens with one attached hydrogen (secondary N) is 1. The lowest BCUT2D eigenvalue weighted by Crippen LogP contribution is -2.54. The van der Waals surface area contributed by atoms with Crippen molar-refractivity contribution in [3.05, 3.63) is 98.5 Å². The van der Waals surface area contributed by atoms with E-state index in [1.807, 2.05) is 30.3 Å². The molecule has 1 fully saturated rings. The highest BCUT2D eigenvalue weighted by Gasteiger charge is 2.34. The predicted molar refractivity (Wildman–Crippen MR) is 170 cm³/mol. The molecule has 3 aromatic carbocycles. The molecule has 1 atom stereocenters. The maximum atomic E-state index is 14.2. The lowest BCUT2D eigenvalue weighted by molar-refractivity contribution is -0.140. The topological polar surface area (TPSA) is 86.8 Å². The fraction of sp³-hybridized carbons (Fsp3) is 0.355. The van der Waals surface area contributed by atoms with Crippen LogP contribution in [0.5, 0.6) is 0 Å². The summed E-state index contributed by atoms with van der Waals surface area (Å²) in [5, 5.41) is 4.19. The van der Waals surface area contributed by atoms with Crippen LogP contribution in [0.1, 0.15) is 42.4 Å². The standard InChI is InChI=1S/C31H34Cl3N3O4S/c1-21-25(32)13-8-14-28(21)37(42(2,40)41)20-30(38)36(19-23-15-16-26(33)27(34)17-23)29(18-22-9-4-3-5-10-22)31(39)35-24-11-6-7-12-24/h3-5,8-10,13-17,24,29H,6-7,11-12,18-20H2,1-2H3,(H,35,39). The molecule has 0 heterocycles. The van der Waals surface area contributed by atoms with E-state index in [0.29, 0.717) is 31.9 Å². The molecule has 1 saturated carbocycles. The van der Waals surface area contributed by atoms with Crippen molar-refractivity contribution in [3.63, 3.8) is 0 Å². The lowest BCUT2D eigenvalue weighted by atomic mass is 10.0. The second-order valence-electron chi connectivity index (χ2n) is 10.6. The zero-order valence-corrected chi connectivity index (χ0v) is 26.6. The highest BCUT2D eigenvalue weighted by molar-refractivity contribution is 7.92. The Hall–Kier alpha value is -2.78. The summed E-state index contributed by atoms with van der Waals surface area (Å²) in [6.07, 6.45) is 5.09. The number of anilines is 1. The van der Waals surface area contributed by atoms with Crippen LogP contribution in [0.3, 0.4) is 0 Å². The van der Waals surface area contributed by atoms with E-state index in [2.05, 4.69) is 5.32 Å². The van der Waals surface area contributed by atoms with Crippen molar-refractivity contribution >= 4 is 62.3 Å². The Morgan fingerprint density at radius 3 is 2.24 bits per heavy atom. The van der Waals surface area contributed by atoms with Crippen molar-refractivity contribution in [2.75, 3.05) is 17.1 Å². The number of hydrogen-bond acceptors (Lipinski definition) is 4. The van der Waals surface area contributed by atoms with Crippen molar-refractivity contribution in [2.45, 2.75) is 57.7 Å². The molecule has 224 valence electrons. The third kappa shape index (κ3) is 8.19. The number of benzene rings is 3. The highest BCUT2D eigenvalue weighted by Crippen LogP contribution is 2.29. The van der Waals surface area contributed by atoms with Gasteiger partial charge in [0.25, 0.3) is 0 Å². The maximum Gasteiger partial charge on any atom is 0.244 e. The van der Waals surface area contributed by atoms with Crippen molar-refractivity contribution in [1.82, 2.24) is 10.2 Å². The van der Waals surface area contributed by atoms with Gasteiger partial charge in [-0.25, -0.2) is 8.42 Å². The van der Waals surface area contributed by atoms with Gasteiger partial charge in [0.15, 0.2) is 0 Å². The van der Waals surface area contributed by atoms with Crippen molar-refractivity contribution in [3.8, 4) is 0 Å². The van der Waals surface area contributed by atoms with E-state index in [-0.39, 0.29) is 24.9 Å². The number of nitrogens with zero attached hydrogens (tertiary/aromatic N) is 2. The van der Waals surface area contributed by atoms with E-state index >= 15 is 0 Å². The third-order valence-electron chi connectivity index (χ3n) is 7.50. The monoisotopic (exact) mass is 649 g/mol. The van der Waals surface area contributed by atoms with Gasteiger partial charge >= 0.3 is 0 Å². The van der Waals surface area contributed by atoms with Crippen LogP contribution in [0.2, 0.25) is 15.1 Å². The van der Waals surface area contributed by atoms with Crippen LogP contribution in [-0.4, -0.2) is 50.0 Å². The Morgan fingerprint density at radius 2 is 1.60 bits per heavy atom. The van der Waals surface area contributed by atoms with Gasteiger partial charge in [0, 0.05) is 24.0 Å². The average Bonchev–Trinajstić information content (AvgIpc) is 3.46. The quantitative estimate of drug-likeness (QED) is 0.260. The minimum atomic E-state index is -3.91. The highest BCUT2D eigenvalue weighted by atomic mass is 35.5. The average molecular weight is 651 g/mol. The van der Waals surface area contributed by atoms with Crippen LogP contribution in [-0.2, 0) is 32.6 Å². The molecule has 1 N–H and O–H groups in total. The van der Waals surface area contributed by atoms with E-state index in [1.165, 1.54) is 4.90 Å². The third-order valence-corrected chi connectivity index (χ3v) is 9.77. The van der Waals surface area contributed by atoms with Crippen LogP contribution >= 0.6 is 34.8 Å². The molecule has 1 unspecified atom stereocenters. The summed E-state index contributed by atoms with van der Waals surface area (Å²) in [6, 6.07) is 18.4. The molecule has 0 saturated heterocycles. The maximum absolute atomic E-state index is 14.2. The molecule has 1 aliphatic carbocycles. The second kappa shape index (κ2) is 14.1. The summed E-state index contributed by atoms with van der Waals surface area (Å²) in [5.41, 5.74) is 2.33. The number of hydrogen-bond donors (Lipinski definition) is 1. The van der Waals surface area contributed by atoms with Crippen molar-refractivity contribution < 1.29 is 18.0 Å². The molecule has 0 spiro atoms. The molecule has 3 aromatic rings. The zero-order chi connectivity index (χ0) is 30.4. The van der Waals surface area contributed by atoms with Crippen LogP contribution in [0.25, 0.3) is 0 Å². The van der Waals surface area contributed by atoms with Gasteiger partial charge in [-0.1, -0.05) is 90.1 Å². The first kappa shape index (κ1) is 32.1. The number of amides is 2. The van der Waals surface area contributed by atoms with Gasteiger partial charge in [0.05, 0.1) is 22.0 Å². The molecule has 1 aliphatic rings. The molecule has 0 aromatic heterocycles. The van der Waals surface area contributed by atoms with Gasteiger partial charge in [-0.15, -0.1) is 0 Å². The van der Waals surface area contributed by atoms with Gasteiger partial charge in [0.1, 0.15) is 12.6 Å². The van der Waals surface area contributed by atoms with Gasteiger partial charge in [-0.2, -0.15) is 0 Å². The molecule has 0 bridgehead atoms. The van der Waals surface area contributed by atoms with E-state index in [4.69, 9.17) is 34.8 Å². The normalized spacial score (nSPS) is 14.4. The Kier molecular flexibility index (Phi) is 10.8. The number of carbonyl (C=O) groups excluding carboxylic acids is 2. The minimum absolute atomic E-state index is 0.0113. The summed E-state index contributed by atoms with van der Waals surface area (Å²) < 4.78 is 27.1. The van der Waals surface area contributed by atoms with Crippen molar-refractivity contribution in [2.24, 2.45) is 0 Å². The van der Waals surface area contributed by atoms with Crippen LogP contribution < -0.4 is 9.62 Å². The van der Waals surface area contributed by atoms with Gasteiger partial charge in [-0.3, -0.25) is 13.9 Å². The molecule has 2 amide bonds. The molecule has 0 radical (unpaired) electrons. The molecule has 7 nitrogen and oxygen atoms in total. The molecular weight excluding hydrogens is 617 g/mol. The Labute approximate surface area is 262 Å². The molecule has 42 heavy (non-hydrogen) atoms. The van der Waals surface area contributed by atoms with Gasteiger partial charge in [-0.05, 0) is 60.7 Å². The number of halogens is 3. The summed E-state index contributed by atoms with van der Waals surface area (Å²) in [6.45, 7) is 1.18. The van der Waals surface area contributed by atoms with Crippen LogP contribution in [0.15, 0.2) is 66.7 Å². The summed E-state index contributed by atoms with van der Waals surface area (Å²) in [5.74, 6) is -0.836. The molecule has 4 rings (SSSR count). The predicted octanol–water partition coefficient (Wildman–Crippen LogP) is 6.42. The Bertz CT molecular complexity index is 1530. The summed E-state index contributed by atoms with van der Waals surface area (Å²) >= 11 is 18.8. The number of carbonyl (C=O) groups is 2. The lowest BCUT2D eigenvalue weighted by Gasteiger charge is -2.34. The van der Waals surface area contributed by atoms with E-state index in [9.17, 15) is 18.0 Å². The first-order chi connectivity index (χ1) is 19.9. The van der Waals surface area contributed by atoms with Crippen LogP contribution in [0.4, 0.5) is 5.69 Å². The minimum Gasteiger partial charge on any atom is -0.352 e.